The van der Waals surface area contributed by atoms with E-state index < -0.39 is 5.41 Å². The van der Waals surface area contributed by atoms with Gasteiger partial charge in [-0.05, 0) is 0 Å². The fourth-order valence-corrected chi connectivity index (χ4v) is 0.168. The Hall–Kier alpha value is -0.280. The summed E-state index contributed by atoms with van der Waals surface area (Å²) in [7, 11) is 0. The minimum atomic E-state index is -0.491. The molecular formula is C5H12ClNO2. The fraction of sp³-hybridized carbons (Fsp3) is 0.800. The van der Waals surface area contributed by atoms with Gasteiger partial charge in [0, 0.05) is 5.41 Å². The van der Waals surface area contributed by atoms with Crippen LogP contribution in [0, 0.1) is 5.41 Å². The van der Waals surface area contributed by atoms with Gasteiger partial charge >= 0.3 is 0 Å². The molecular weight excluding hydrogens is 142 g/mol. The minimum Gasteiger partial charge on any atom is -0.289 e. The number of amides is 1. The van der Waals surface area contributed by atoms with Gasteiger partial charge in [-0.2, -0.15) is 0 Å². The molecule has 3 nitrogen and oxygen atoms in total. The molecule has 9 heavy (non-hydrogen) atoms. The molecule has 0 spiro atoms. The summed E-state index contributed by atoms with van der Waals surface area (Å²) in [4.78, 5) is 10.5. The summed E-state index contributed by atoms with van der Waals surface area (Å²) in [6.45, 7) is 5.16. The van der Waals surface area contributed by atoms with E-state index in [1.54, 1.807) is 26.3 Å². The Morgan fingerprint density at radius 2 is 1.78 bits per heavy atom. The zero-order valence-corrected chi connectivity index (χ0v) is 6.58. The first-order valence-electron chi connectivity index (χ1n) is 2.43. The summed E-state index contributed by atoms with van der Waals surface area (Å²) in [5.74, 6) is -0.363. The number of rotatable bonds is 0. The quantitative estimate of drug-likeness (QED) is 0.402. The van der Waals surface area contributed by atoms with Gasteiger partial charge < -0.3 is 0 Å². The largest absolute Gasteiger partial charge is 0.289 e. The first-order valence-corrected chi connectivity index (χ1v) is 2.43. The Labute approximate surface area is 60.8 Å². The van der Waals surface area contributed by atoms with E-state index in [2.05, 4.69) is 0 Å². The molecule has 0 atom stereocenters. The molecule has 0 aromatic heterocycles. The maximum Gasteiger partial charge on any atom is 0.248 e. The Morgan fingerprint density at radius 1 is 1.44 bits per heavy atom. The van der Waals surface area contributed by atoms with E-state index in [0.717, 1.165) is 0 Å². The fourth-order valence-electron chi connectivity index (χ4n) is 0.168. The van der Waals surface area contributed by atoms with Crippen LogP contribution in [0.15, 0.2) is 0 Å². The highest BCUT2D eigenvalue weighted by molar-refractivity contribution is 5.85. The second-order valence-electron chi connectivity index (χ2n) is 2.69. The third-order valence-electron chi connectivity index (χ3n) is 0.783. The van der Waals surface area contributed by atoms with E-state index in [1.807, 2.05) is 0 Å². The molecule has 0 aliphatic carbocycles. The first kappa shape index (κ1) is 11.5. The molecule has 0 aliphatic rings. The molecule has 0 unspecified atom stereocenters. The lowest BCUT2D eigenvalue weighted by Crippen LogP contribution is -2.32. The van der Waals surface area contributed by atoms with E-state index in [9.17, 15) is 4.79 Å². The molecule has 0 radical (unpaired) electrons. The number of nitrogens with one attached hydrogen (secondary N) is 1. The van der Waals surface area contributed by atoms with E-state index in [-0.39, 0.29) is 18.3 Å². The van der Waals surface area contributed by atoms with Crippen molar-refractivity contribution in [2.24, 2.45) is 5.41 Å². The summed E-state index contributed by atoms with van der Waals surface area (Å²) in [5.41, 5.74) is 1.07. The van der Waals surface area contributed by atoms with Gasteiger partial charge in [0.2, 0.25) is 5.91 Å². The smallest absolute Gasteiger partial charge is 0.248 e. The summed E-state index contributed by atoms with van der Waals surface area (Å²) in [6.07, 6.45) is 0. The highest BCUT2D eigenvalue weighted by atomic mass is 35.5. The molecule has 0 heterocycles. The van der Waals surface area contributed by atoms with Gasteiger partial charge in [-0.15, -0.1) is 12.4 Å². The predicted molar refractivity (Wildman–Crippen MR) is 36.6 cm³/mol. The van der Waals surface area contributed by atoms with Crippen LogP contribution in [0.2, 0.25) is 0 Å². The summed E-state index contributed by atoms with van der Waals surface area (Å²) < 4.78 is 0. The molecule has 0 saturated heterocycles. The van der Waals surface area contributed by atoms with E-state index in [0.29, 0.717) is 0 Å². The van der Waals surface area contributed by atoms with Crippen LogP contribution >= 0.6 is 12.4 Å². The summed E-state index contributed by atoms with van der Waals surface area (Å²) >= 11 is 0. The second-order valence-corrected chi connectivity index (χ2v) is 2.69. The lowest BCUT2D eigenvalue weighted by atomic mass is 9.96. The van der Waals surface area contributed by atoms with Crippen LogP contribution < -0.4 is 5.48 Å². The number of hydroxylamine groups is 1. The maximum absolute atomic E-state index is 10.5. The molecule has 2 N–H and O–H groups in total. The average Bonchev–Trinajstić information content (AvgIpc) is 1.62. The molecule has 0 aromatic carbocycles. The Morgan fingerprint density at radius 3 is 1.78 bits per heavy atom. The molecule has 0 fully saturated rings. The van der Waals surface area contributed by atoms with E-state index in [1.165, 1.54) is 0 Å². The normalized spacial score (nSPS) is 9.78. The standard InChI is InChI=1S/C5H11NO2.ClH/c1-5(2,3)4(7)6-8;/h8H,1-3H3,(H,6,7);1H. The molecule has 0 saturated carbocycles. The monoisotopic (exact) mass is 153 g/mol. The number of hydrogen-bond acceptors (Lipinski definition) is 2. The zero-order valence-electron chi connectivity index (χ0n) is 5.76. The zero-order chi connectivity index (χ0) is 6.78. The van der Waals surface area contributed by atoms with Gasteiger partial charge in [0.05, 0.1) is 0 Å². The molecule has 1 amide bonds. The van der Waals surface area contributed by atoms with Crippen LogP contribution in [-0.4, -0.2) is 11.1 Å². The third-order valence-corrected chi connectivity index (χ3v) is 0.783. The summed E-state index contributed by atoms with van der Waals surface area (Å²) in [5, 5.41) is 8.07. The van der Waals surface area contributed by atoms with Crippen LogP contribution in [0.3, 0.4) is 0 Å². The second kappa shape index (κ2) is 3.69. The van der Waals surface area contributed by atoms with Gasteiger partial charge in [-0.1, -0.05) is 20.8 Å². The van der Waals surface area contributed by atoms with Crippen molar-refractivity contribution in [2.75, 3.05) is 0 Å². The Bertz CT molecular complexity index is 97.6. The maximum atomic E-state index is 10.5. The highest BCUT2D eigenvalue weighted by Gasteiger charge is 2.19. The molecule has 0 aromatic rings. The first-order chi connectivity index (χ1) is 3.48. The van der Waals surface area contributed by atoms with Crippen molar-refractivity contribution in [2.45, 2.75) is 20.8 Å². The predicted octanol–water partition coefficient (Wildman–Crippen LogP) is 0.960. The Kier molecular flexibility index (Phi) is 4.72. The lowest BCUT2D eigenvalue weighted by molar-refractivity contribution is -0.137. The van der Waals surface area contributed by atoms with Crippen LogP contribution in [0.1, 0.15) is 20.8 Å². The molecule has 4 heteroatoms. The van der Waals surface area contributed by atoms with E-state index in [4.69, 9.17) is 5.21 Å². The van der Waals surface area contributed by atoms with Gasteiger partial charge in [0.1, 0.15) is 0 Å². The number of hydrogen-bond donors (Lipinski definition) is 2. The van der Waals surface area contributed by atoms with Crippen molar-refractivity contribution in [3.8, 4) is 0 Å². The van der Waals surface area contributed by atoms with Crippen LogP contribution in [0.4, 0.5) is 0 Å². The van der Waals surface area contributed by atoms with Crippen molar-refractivity contribution in [1.29, 1.82) is 0 Å². The number of halogens is 1. The van der Waals surface area contributed by atoms with Crippen LogP contribution in [-0.2, 0) is 4.79 Å². The van der Waals surface area contributed by atoms with Crippen LogP contribution in [0.25, 0.3) is 0 Å². The summed E-state index contributed by atoms with van der Waals surface area (Å²) in [6, 6.07) is 0. The Balaban J connectivity index is 0. The van der Waals surface area contributed by atoms with Gasteiger partial charge in [0.25, 0.3) is 0 Å². The van der Waals surface area contributed by atoms with Gasteiger partial charge in [-0.3, -0.25) is 10.0 Å². The number of carbonyl (C=O) groups is 1. The molecule has 56 valence electrons. The van der Waals surface area contributed by atoms with Crippen molar-refractivity contribution < 1.29 is 10.0 Å². The van der Waals surface area contributed by atoms with Crippen molar-refractivity contribution in [3.05, 3.63) is 0 Å². The lowest BCUT2D eigenvalue weighted by Gasteiger charge is -2.13. The van der Waals surface area contributed by atoms with E-state index >= 15 is 0 Å². The van der Waals surface area contributed by atoms with Crippen LogP contribution in [0.5, 0.6) is 0 Å². The SMILES string of the molecule is CC(C)(C)C(=O)NO.Cl. The molecule has 0 aliphatic heterocycles. The van der Waals surface area contributed by atoms with Crippen molar-refractivity contribution in [3.63, 3.8) is 0 Å². The molecule has 0 bridgehead atoms. The van der Waals surface area contributed by atoms with Crippen molar-refractivity contribution >= 4 is 18.3 Å². The molecule has 0 rings (SSSR count). The number of carbonyl (C=O) groups excluding carboxylic acids is 1. The third kappa shape index (κ3) is 4.24. The topological polar surface area (TPSA) is 49.3 Å². The average molecular weight is 154 g/mol. The van der Waals surface area contributed by atoms with Gasteiger partial charge in [0.15, 0.2) is 0 Å². The minimum absolute atomic E-state index is 0. The van der Waals surface area contributed by atoms with Gasteiger partial charge in [-0.25, -0.2) is 5.48 Å². The van der Waals surface area contributed by atoms with Crippen molar-refractivity contribution in [1.82, 2.24) is 5.48 Å². The highest BCUT2D eigenvalue weighted by Crippen LogP contribution is 2.11.